The first kappa shape index (κ1) is 19.4. The van der Waals surface area contributed by atoms with Gasteiger partial charge in [0.1, 0.15) is 5.60 Å². The van der Waals surface area contributed by atoms with Gasteiger partial charge < -0.3 is 19.5 Å². The Balaban J connectivity index is 2.87. The Morgan fingerprint density at radius 2 is 1.78 bits per heavy atom. The first-order valence-electron chi connectivity index (χ1n) is 7.87. The highest BCUT2D eigenvalue weighted by atomic mass is 16.6. The van der Waals surface area contributed by atoms with Gasteiger partial charge in [0, 0.05) is 0 Å². The van der Waals surface area contributed by atoms with Crippen molar-refractivity contribution < 1.29 is 28.6 Å². The van der Waals surface area contributed by atoms with Crippen LogP contribution in [0.15, 0.2) is 0 Å². The highest BCUT2D eigenvalue weighted by Crippen LogP contribution is 2.25. The molecule has 0 radical (unpaired) electrons. The van der Waals surface area contributed by atoms with Crippen molar-refractivity contribution in [3.63, 3.8) is 0 Å². The third kappa shape index (κ3) is 6.17. The molecule has 0 aromatic carbocycles. The van der Waals surface area contributed by atoms with Crippen LogP contribution >= 0.6 is 0 Å². The summed E-state index contributed by atoms with van der Waals surface area (Å²) >= 11 is 0. The van der Waals surface area contributed by atoms with Crippen molar-refractivity contribution in [1.82, 2.24) is 5.32 Å². The maximum Gasteiger partial charge on any atom is 0.346 e. The zero-order chi connectivity index (χ0) is 17.6. The van der Waals surface area contributed by atoms with Crippen molar-refractivity contribution in [3.8, 4) is 0 Å². The number of carbonyl (C=O) groups is 3. The van der Waals surface area contributed by atoms with E-state index < -0.39 is 35.5 Å². The molecule has 0 aromatic rings. The summed E-state index contributed by atoms with van der Waals surface area (Å²) in [6.45, 7) is 8.02. The van der Waals surface area contributed by atoms with Crippen LogP contribution in [-0.4, -0.2) is 49.8 Å². The number of nitrogens with one attached hydrogen (secondary N) is 1. The lowest BCUT2D eigenvalue weighted by Gasteiger charge is -2.30. The number of piperidine rings is 1. The van der Waals surface area contributed by atoms with E-state index in [-0.39, 0.29) is 5.92 Å². The fraction of sp³-hybridized carbons (Fsp3) is 0.812. The summed E-state index contributed by atoms with van der Waals surface area (Å²) in [6.07, 6.45) is 0.525. The van der Waals surface area contributed by atoms with Gasteiger partial charge in [-0.2, -0.15) is 0 Å². The fourth-order valence-corrected chi connectivity index (χ4v) is 2.47. The molecule has 7 nitrogen and oxygen atoms in total. The molecule has 7 heteroatoms. The van der Waals surface area contributed by atoms with Gasteiger partial charge >= 0.3 is 17.9 Å². The summed E-state index contributed by atoms with van der Waals surface area (Å²) < 4.78 is 15.0. The number of methoxy groups -OCH3 is 1. The quantitative estimate of drug-likeness (QED) is 0.458. The summed E-state index contributed by atoms with van der Waals surface area (Å²) in [7, 11) is 1.21. The molecule has 23 heavy (non-hydrogen) atoms. The lowest BCUT2D eigenvalue weighted by Crippen LogP contribution is -2.45. The predicted molar refractivity (Wildman–Crippen MR) is 82.5 cm³/mol. The van der Waals surface area contributed by atoms with E-state index in [2.05, 4.69) is 10.1 Å². The number of hydrogen-bond donors (Lipinski definition) is 1. The zero-order valence-corrected chi connectivity index (χ0v) is 14.5. The molecule has 0 aliphatic carbocycles. The summed E-state index contributed by atoms with van der Waals surface area (Å²) in [4.78, 5) is 36.3. The van der Waals surface area contributed by atoms with Crippen LogP contribution in [0.4, 0.5) is 0 Å². The second-order valence-electron chi connectivity index (χ2n) is 6.72. The largest absolute Gasteiger partial charge is 0.466 e. The van der Waals surface area contributed by atoms with Gasteiger partial charge in [-0.05, 0) is 59.5 Å². The van der Waals surface area contributed by atoms with Crippen LogP contribution in [0.5, 0.6) is 0 Å². The maximum atomic E-state index is 12.5. The second kappa shape index (κ2) is 8.29. The first-order valence-corrected chi connectivity index (χ1v) is 7.87. The summed E-state index contributed by atoms with van der Waals surface area (Å²) in [5.41, 5.74) is -0.703. The van der Waals surface area contributed by atoms with Gasteiger partial charge in [0.2, 0.25) is 0 Å². The van der Waals surface area contributed by atoms with Crippen LogP contribution in [0, 0.1) is 11.8 Å². The van der Waals surface area contributed by atoms with Crippen molar-refractivity contribution in [2.24, 2.45) is 11.8 Å². The van der Waals surface area contributed by atoms with Crippen LogP contribution < -0.4 is 5.32 Å². The Morgan fingerprint density at radius 1 is 1.13 bits per heavy atom. The molecule has 1 aliphatic rings. The summed E-state index contributed by atoms with van der Waals surface area (Å²) in [6, 6.07) is 0. The minimum absolute atomic E-state index is 0.212. The molecule has 0 unspecified atom stereocenters. The SMILES string of the molecule is COC(=O)[C@@H](C)OC(=O)[C@H](C(=O)OC(C)(C)C)[C@H]1CCCNC1. The molecular formula is C16H27NO6. The van der Waals surface area contributed by atoms with E-state index in [0.29, 0.717) is 6.54 Å². The molecule has 0 saturated carbocycles. The number of carbonyl (C=O) groups excluding carboxylic acids is 3. The Labute approximate surface area is 137 Å². The topological polar surface area (TPSA) is 90.9 Å². The average molecular weight is 329 g/mol. The predicted octanol–water partition coefficient (Wildman–Crippen LogP) is 1.05. The summed E-state index contributed by atoms with van der Waals surface area (Å²) in [5, 5.41) is 3.17. The van der Waals surface area contributed by atoms with E-state index in [1.165, 1.54) is 14.0 Å². The maximum absolute atomic E-state index is 12.5. The Kier molecular flexibility index (Phi) is 7.00. The Bertz CT molecular complexity index is 436. The van der Waals surface area contributed by atoms with Crippen LogP contribution in [0.3, 0.4) is 0 Å². The molecule has 1 aliphatic heterocycles. The van der Waals surface area contributed by atoms with Gasteiger partial charge in [-0.1, -0.05) is 0 Å². The Morgan fingerprint density at radius 3 is 2.26 bits per heavy atom. The van der Waals surface area contributed by atoms with Crippen LogP contribution in [0.1, 0.15) is 40.5 Å². The van der Waals surface area contributed by atoms with Gasteiger partial charge in [-0.25, -0.2) is 4.79 Å². The monoisotopic (exact) mass is 329 g/mol. The average Bonchev–Trinajstić information content (AvgIpc) is 2.45. The third-order valence-corrected chi connectivity index (χ3v) is 3.55. The third-order valence-electron chi connectivity index (χ3n) is 3.55. The van der Waals surface area contributed by atoms with Crippen molar-refractivity contribution in [3.05, 3.63) is 0 Å². The van der Waals surface area contributed by atoms with E-state index in [0.717, 1.165) is 19.4 Å². The lowest BCUT2D eigenvalue weighted by molar-refractivity contribution is -0.179. The van der Waals surface area contributed by atoms with Crippen LogP contribution in [-0.2, 0) is 28.6 Å². The molecule has 132 valence electrons. The van der Waals surface area contributed by atoms with E-state index in [1.807, 2.05) is 0 Å². The first-order chi connectivity index (χ1) is 10.7. The van der Waals surface area contributed by atoms with Crippen LogP contribution in [0.25, 0.3) is 0 Å². The van der Waals surface area contributed by atoms with Crippen molar-refractivity contribution >= 4 is 17.9 Å². The molecule has 0 aromatic heterocycles. The van der Waals surface area contributed by atoms with E-state index in [4.69, 9.17) is 9.47 Å². The number of esters is 3. The minimum atomic E-state index is -1.06. The van der Waals surface area contributed by atoms with Gasteiger partial charge in [-0.15, -0.1) is 0 Å². The molecule has 3 atom stereocenters. The Hall–Kier alpha value is -1.63. The number of rotatable bonds is 5. The van der Waals surface area contributed by atoms with E-state index in [1.54, 1.807) is 20.8 Å². The second-order valence-corrected chi connectivity index (χ2v) is 6.72. The fourth-order valence-electron chi connectivity index (χ4n) is 2.47. The van der Waals surface area contributed by atoms with E-state index >= 15 is 0 Å². The van der Waals surface area contributed by atoms with Gasteiger partial charge in [0.25, 0.3) is 0 Å². The van der Waals surface area contributed by atoms with Crippen molar-refractivity contribution in [2.75, 3.05) is 20.2 Å². The molecule has 1 N–H and O–H groups in total. The van der Waals surface area contributed by atoms with Gasteiger partial charge in [0.15, 0.2) is 12.0 Å². The highest BCUT2D eigenvalue weighted by molar-refractivity contribution is 5.96. The standard InChI is InChI=1S/C16H27NO6/c1-10(13(18)21-5)22-14(19)12(11-7-6-8-17-9-11)15(20)23-16(2,3)4/h10-12,17H,6-9H2,1-5H3/t10-,11+,12-/m1/s1. The minimum Gasteiger partial charge on any atom is -0.466 e. The molecule has 1 fully saturated rings. The summed E-state index contributed by atoms with van der Waals surface area (Å²) in [5.74, 6) is -3.28. The normalized spacial score (nSPS) is 21.0. The molecule has 1 heterocycles. The number of hydrogen-bond acceptors (Lipinski definition) is 7. The molecular weight excluding hydrogens is 302 g/mol. The highest BCUT2D eigenvalue weighted by Gasteiger charge is 2.40. The molecule has 0 bridgehead atoms. The molecule has 0 spiro atoms. The van der Waals surface area contributed by atoms with E-state index in [9.17, 15) is 14.4 Å². The lowest BCUT2D eigenvalue weighted by atomic mass is 9.86. The van der Waals surface area contributed by atoms with Crippen molar-refractivity contribution in [2.45, 2.75) is 52.2 Å². The zero-order valence-electron chi connectivity index (χ0n) is 14.5. The van der Waals surface area contributed by atoms with Crippen LogP contribution in [0.2, 0.25) is 0 Å². The molecule has 1 rings (SSSR count). The van der Waals surface area contributed by atoms with Gasteiger partial charge in [0.05, 0.1) is 7.11 Å². The number of ether oxygens (including phenoxy) is 3. The van der Waals surface area contributed by atoms with Gasteiger partial charge in [-0.3, -0.25) is 9.59 Å². The molecule has 0 amide bonds. The molecule has 1 saturated heterocycles. The smallest absolute Gasteiger partial charge is 0.346 e. The van der Waals surface area contributed by atoms with Crippen molar-refractivity contribution in [1.29, 1.82) is 0 Å².